The predicted octanol–water partition coefficient (Wildman–Crippen LogP) is 31.2. The molecule has 0 aliphatic carbocycles. The summed E-state index contributed by atoms with van der Waals surface area (Å²) < 4.78 is 9.47. The van der Waals surface area contributed by atoms with Crippen molar-refractivity contribution in [1.82, 2.24) is 0 Å². The van der Waals surface area contributed by atoms with Gasteiger partial charge >= 0.3 is 0 Å². The summed E-state index contributed by atoms with van der Waals surface area (Å²) in [5.74, 6) is 0. The van der Waals surface area contributed by atoms with Crippen LogP contribution >= 0.6 is 11.3 Å². The molecule has 2 aromatic heterocycles. The molecule has 0 aliphatic rings. The Kier molecular flexibility index (Phi) is 17.5. The zero-order valence-corrected chi connectivity index (χ0v) is 62.1. The van der Waals surface area contributed by atoms with Crippen LogP contribution in [-0.2, 0) is 0 Å². The molecule has 0 N–H and O–H groups in total. The van der Waals surface area contributed by atoms with Crippen LogP contribution in [-0.4, -0.2) is 0 Å². The average Bonchev–Trinajstić information content (AvgIpc) is 1.44. The van der Waals surface area contributed by atoms with Crippen LogP contribution in [0.2, 0.25) is 0 Å². The number of fused-ring (bicyclic) bond motifs is 6. The quantitative estimate of drug-likeness (QED) is 0.0906. The van der Waals surface area contributed by atoms with Crippen LogP contribution in [0.3, 0.4) is 0 Å². The lowest BCUT2D eigenvalue weighted by Crippen LogP contribution is -2.11. The minimum atomic E-state index is 0.833. The zero-order chi connectivity index (χ0) is 74.3. The molecule has 2 heterocycles. The highest BCUT2D eigenvalue weighted by atomic mass is 32.1. The van der Waals surface area contributed by atoms with Gasteiger partial charge in [-0.2, -0.15) is 0 Å². The highest BCUT2D eigenvalue weighted by Gasteiger charge is 2.23. The molecule has 0 spiro atoms. The van der Waals surface area contributed by atoms with Gasteiger partial charge in [-0.25, -0.2) is 0 Å². The maximum Gasteiger partial charge on any atom is 0.136 e. The molecule has 526 valence electrons. The molecule has 4 heteroatoms. The maximum absolute atomic E-state index is 6.87. The molecular formula is C108H72N2OS. The van der Waals surface area contributed by atoms with E-state index in [9.17, 15) is 0 Å². The fourth-order valence-electron chi connectivity index (χ4n) is 16.1. The number of rotatable bonds is 17. The van der Waals surface area contributed by atoms with Crippen molar-refractivity contribution in [3.05, 3.63) is 437 Å². The predicted molar refractivity (Wildman–Crippen MR) is 476 cm³/mol. The molecule has 0 unspecified atom stereocenters. The van der Waals surface area contributed by atoms with Crippen molar-refractivity contribution < 1.29 is 4.42 Å². The first kappa shape index (κ1) is 67.0. The van der Waals surface area contributed by atoms with Crippen LogP contribution in [0.4, 0.5) is 34.1 Å². The fraction of sp³-hybridized carbons (Fsp3) is 0. The Morgan fingerprint density at radius 1 is 0.161 bits per heavy atom. The van der Waals surface area contributed by atoms with Crippen molar-refractivity contribution >= 4 is 87.6 Å². The molecule has 3 nitrogen and oxygen atoms in total. The van der Waals surface area contributed by atoms with Gasteiger partial charge in [-0.15, -0.1) is 11.3 Å². The summed E-state index contributed by atoms with van der Waals surface area (Å²) in [5.41, 5.74) is 33.4. The Bertz CT molecular complexity index is 6760. The van der Waals surface area contributed by atoms with E-state index in [0.29, 0.717) is 0 Å². The number of benzene rings is 18. The lowest BCUT2D eigenvalue weighted by molar-refractivity contribution is 0.669. The molecular weight excluding hydrogens is 1370 g/mol. The molecule has 0 atom stereocenters. The van der Waals surface area contributed by atoms with E-state index >= 15 is 0 Å². The number of furan rings is 1. The molecule has 0 fully saturated rings. The van der Waals surface area contributed by atoms with E-state index in [0.717, 1.165) is 128 Å². The summed E-state index contributed by atoms with van der Waals surface area (Å²) in [6.45, 7) is 0. The summed E-state index contributed by atoms with van der Waals surface area (Å²) in [6.07, 6.45) is 0. The SMILES string of the molecule is c1ccc(-c2ccc(-c3ccc(N(c4ccc(-c5ccc6oc7cc(-c8ccc(N(c9ccc(-c%10ccc(-c%11ccccc%11)cc%10)cc9)c9ccc(-c%10ccc%11sc%12ccccc%12c%11c%10)cc9)c(-c9ccc(-c%10ccccc%10)cc9)c8)ccc7c6c5)cc4)c4ccccc4-c4ccc(-c5ccccc5)cc4)cc3)cc2)cc1. The van der Waals surface area contributed by atoms with Crippen molar-refractivity contribution in [2.75, 3.05) is 9.80 Å². The van der Waals surface area contributed by atoms with Gasteiger partial charge in [-0.1, -0.05) is 328 Å². The number of anilines is 6. The topological polar surface area (TPSA) is 19.6 Å². The van der Waals surface area contributed by atoms with Crippen LogP contribution in [0, 0.1) is 0 Å². The third kappa shape index (κ3) is 13.1. The third-order valence-electron chi connectivity index (χ3n) is 22.0. The standard InChI is InChI=1S/C108H72N2OS/c1-5-17-73(18-6-1)77-29-33-81(34-30-77)83-45-57-93(58-46-83)109(103-27-15-13-25-97(103)87-41-37-79(38-42-87)75-21-9-3-10-22-75)94-61-49-85(50-62-94)89-55-67-105-101(70-89)98-65-53-92(72-106(98)111-105)91-54-66-104(100(69-91)88-43-39-80(40-44-88)76-23-11-4-12-24-76)110(95-59-47-84(48-60-95)82-35-31-78(32-36-82)74-19-7-2-8-20-74)96-63-51-86(52-64-96)90-56-68-108-102(71-90)99-26-14-16-28-107(99)112-108/h1-72H. The summed E-state index contributed by atoms with van der Waals surface area (Å²) in [4.78, 5) is 4.82. The number of thiophene rings is 1. The maximum atomic E-state index is 6.87. The lowest BCUT2D eigenvalue weighted by Gasteiger charge is -2.29. The van der Waals surface area contributed by atoms with Gasteiger partial charge in [0.1, 0.15) is 11.2 Å². The van der Waals surface area contributed by atoms with Gasteiger partial charge in [-0.05, 0) is 220 Å². The summed E-state index contributed by atoms with van der Waals surface area (Å²) in [7, 11) is 0. The Labute approximate surface area is 656 Å². The lowest BCUT2D eigenvalue weighted by atomic mass is 9.94. The number of hydrogen-bond donors (Lipinski definition) is 0. The molecule has 112 heavy (non-hydrogen) atoms. The van der Waals surface area contributed by atoms with Crippen molar-refractivity contribution in [3.63, 3.8) is 0 Å². The van der Waals surface area contributed by atoms with E-state index in [1.54, 1.807) is 0 Å². The van der Waals surface area contributed by atoms with E-state index in [2.05, 4.69) is 447 Å². The number of nitrogens with zero attached hydrogens (tertiary/aromatic N) is 2. The molecule has 0 aliphatic heterocycles. The van der Waals surface area contributed by atoms with Crippen LogP contribution in [0.5, 0.6) is 0 Å². The van der Waals surface area contributed by atoms with Gasteiger partial charge in [0.25, 0.3) is 0 Å². The van der Waals surface area contributed by atoms with E-state index in [-0.39, 0.29) is 0 Å². The largest absolute Gasteiger partial charge is 0.456 e. The molecule has 0 radical (unpaired) electrons. The van der Waals surface area contributed by atoms with Crippen molar-refractivity contribution in [2.45, 2.75) is 0 Å². The second kappa shape index (κ2) is 29.3. The van der Waals surface area contributed by atoms with Gasteiger partial charge in [-0.3, -0.25) is 0 Å². The van der Waals surface area contributed by atoms with Crippen LogP contribution in [0.25, 0.3) is 165 Å². The minimum absolute atomic E-state index is 0.833. The smallest absolute Gasteiger partial charge is 0.136 e. The molecule has 0 bridgehead atoms. The highest BCUT2D eigenvalue weighted by molar-refractivity contribution is 7.25. The van der Waals surface area contributed by atoms with Crippen LogP contribution in [0.1, 0.15) is 0 Å². The number of para-hydroxylation sites is 1. The minimum Gasteiger partial charge on any atom is -0.456 e. The third-order valence-corrected chi connectivity index (χ3v) is 23.1. The zero-order valence-electron chi connectivity index (χ0n) is 61.3. The highest BCUT2D eigenvalue weighted by Crippen LogP contribution is 2.48. The van der Waals surface area contributed by atoms with Crippen LogP contribution < -0.4 is 9.80 Å². The van der Waals surface area contributed by atoms with E-state index in [4.69, 9.17) is 4.42 Å². The van der Waals surface area contributed by atoms with Gasteiger partial charge in [0.15, 0.2) is 0 Å². The van der Waals surface area contributed by atoms with E-state index in [1.165, 1.54) is 70.2 Å². The normalized spacial score (nSPS) is 11.4. The molecule has 0 saturated heterocycles. The Balaban J connectivity index is 0.646. The molecule has 0 saturated carbocycles. The Hall–Kier alpha value is -14.4. The second-order valence-corrected chi connectivity index (χ2v) is 29.8. The van der Waals surface area contributed by atoms with Gasteiger partial charge in [0.05, 0.1) is 11.4 Å². The summed E-state index contributed by atoms with van der Waals surface area (Å²) in [5, 5.41) is 4.72. The molecule has 0 amide bonds. The van der Waals surface area contributed by atoms with Crippen molar-refractivity contribution in [2.24, 2.45) is 0 Å². The first-order valence-corrected chi connectivity index (χ1v) is 39.0. The number of hydrogen-bond acceptors (Lipinski definition) is 4. The van der Waals surface area contributed by atoms with Gasteiger partial charge in [0, 0.05) is 64.8 Å². The first-order chi connectivity index (χ1) is 55.5. The molecule has 20 aromatic rings. The monoisotopic (exact) mass is 1440 g/mol. The first-order valence-electron chi connectivity index (χ1n) is 38.2. The average molecular weight is 1450 g/mol. The summed E-state index contributed by atoms with van der Waals surface area (Å²) >= 11 is 1.85. The van der Waals surface area contributed by atoms with E-state index < -0.39 is 0 Å². The van der Waals surface area contributed by atoms with Gasteiger partial charge < -0.3 is 14.2 Å². The molecule has 18 aromatic carbocycles. The van der Waals surface area contributed by atoms with Crippen molar-refractivity contribution in [1.29, 1.82) is 0 Å². The summed E-state index contributed by atoms with van der Waals surface area (Å²) in [6, 6.07) is 159. The van der Waals surface area contributed by atoms with Crippen molar-refractivity contribution in [3.8, 4) is 122 Å². The fourth-order valence-corrected chi connectivity index (χ4v) is 17.2. The van der Waals surface area contributed by atoms with Crippen LogP contribution in [0.15, 0.2) is 441 Å². The second-order valence-electron chi connectivity index (χ2n) is 28.7. The Morgan fingerprint density at radius 3 is 0.911 bits per heavy atom. The van der Waals surface area contributed by atoms with E-state index in [1.807, 2.05) is 11.3 Å². The Morgan fingerprint density at radius 2 is 0.455 bits per heavy atom. The van der Waals surface area contributed by atoms with Gasteiger partial charge in [0.2, 0.25) is 0 Å². The molecule has 20 rings (SSSR count).